The molecule has 5 heterocycles. The molecule has 6 N–H and O–H groups in total. The van der Waals surface area contributed by atoms with Crippen molar-refractivity contribution in [3.8, 4) is 11.4 Å². The van der Waals surface area contributed by atoms with Crippen LogP contribution in [0.1, 0.15) is 96.9 Å². The number of likely N-dealkylation sites (N-methyl/N-ethyl adjacent to an activating group) is 1. The smallest absolute Gasteiger partial charge is 0.343 e. The van der Waals surface area contributed by atoms with Crippen LogP contribution in [0.3, 0.4) is 0 Å². The van der Waals surface area contributed by atoms with E-state index in [9.17, 15) is 53.1 Å². The largest absolute Gasteiger partial charge is 0.458 e. The zero-order valence-electron chi connectivity index (χ0n) is 43.3. The van der Waals surface area contributed by atoms with Gasteiger partial charge >= 0.3 is 5.97 Å². The molecule has 0 saturated carbocycles. The number of carbonyl (C=O) groups is 9. The van der Waals surface area contributed by atoms with Gasteiger partial charge in [-0.1, -0.05) is 52.9 Å². The van der Waals surface area contributed by atoms with Crippen LogP contribution in [0, 0.1) is 12.7 Å². The summed E-state index contributed by atoms with van der Waals surface area (Å²) in [6.45, 7) is 1.37. The molecule has 0 bridgehead atoms. The number of carbonyl (C=O) groups excluding carboxylic acids is 9. The molecule has 2 aromatic carbocycles. The molecule has 0 saturated heterocycles. The van der Waals surface area contributed by atoms with Gasteiger partial charge in [-0.05, 0) is 80.2 Å². The number of esters is 1. The predicted octanol–water partition coefficient (Wildman–Crippen LogP) is 1.22. The highest BCUT2D eigenvalue weighted by Gasteiger charge is 2.46. The number of aliphatic hydroxyl groups is 1. The molecular weight excluding hydrogens is 1030 g/mol. The molecule has 4 aliphatic rings. The third kappa shape index (κ3) is 12.0. The first-order valence-electron chi connectivity index (χ1n) is 25.7. The van der Waals surface area contributed by atoms with Gasteiger partial charge in [-0.15, -0.1) is 0 Å². The summed E-state index contributed by atoms with van der Waals surface area (Å²) in [4.78, 5) is 136. The molecule has 24 heteroatoms. The molecule has 1 unspecified atom stereocenters. The number of fused-ring (bicyclic) bond motifs is 5. The number of aryl methyl sites for hydroxylation is 2. The molecule has 22 nitrogen and oxygen atoms in total. The lowest BCUT2D eigenvalue weighted by atomic mass is 9.81. The second-order valence-corrected chi connectivity index (χ2v) is 20.1. The van der Waals surface area contributed by atoms with E-state index in [4.69, 9.17) is 14.5 Å². The predicted molar refractivity (Wildman–Crippen MR) is 281 cm³/mol. The number of aromatic nitrogens is 2. The molecule has 78 heavy (non-hydrogen) atoms. The van der Waals surface area contributed by atoms with Crippen molar-refractivity contribution in [3.05, 3.63) is 110 Å². The van der Waals surface area contributed by atoms with Crippen molar-refractivity contribution in [1.29, 1.82) is 0 Å². The lowest BCUT2D eigenvalue weighted by molar-refractivity contribution is -0.172. The van der Waals surface area contributed by atoms with Crippen LogP contribution in [0.25, 0.3) is 22.3 Å². The van der Waals surface area contributed by atoms with Crippen LogP contribution in [-0.2, 0) is 84.2 Å². The van der Waals surface area contributed by atoms with Gasteiger partial charge in [0.25, 0.3) is 23.3 Å². The van der Waals surface area contributed by atoms with Crippen LogP contribution in [0.5, 0.6) is 0 Å². The maximum absolute atomic E-state index is 15.5. The second kappa shape index (κ2) is 24.3. The molecule has 0 spiro atoms. The summed E-state index contributed by atoms with van der Waals surface area (Å²) in [5.74, 6) is -6.87. The van der Waals surface area contributed by atoms with Crippen molar-refractivity contribution in [2.75, 3.05) is 40.0 Å². The van der Waals surface area contributed by atoms with Gasteiger partial charge in [0, 0.05) is 54.7 Å². The molecule has 8 amide bonds. The SMILES string of the molecule is CC[C@@]1(O)C(=O)OCc2c1cc1n(c2=O)Cc2c-1nc1cc(F)c(C)c3c1c2[C@@H](N(C)C(=O)[C@@H](P)OCNC(=O)CNC(=O)[C@H](CCc1ccccc1)NC(=O)CNC(=O)CNC(=O)CCCCCN1C(=O)C=CC1=O)CC3. The van der Waals surface area contributed by atoms with Crippen molar-refractivity contribution >= 4 is 73.4 Å². The number of nitrogens with zero attached hydrogens (tertiary/aromatic N) is 4. The summed E-state index contributed by atoms with van der Waals surface area (Å²) in [6, 6.07) is 10.3. The average molecular weight is 1090 g/mol. The maximum Gasteiger partial charge on any atom is 0.343 e. The minimum absolute atomic E-state index is 0.0477. The minimum Gasteiger partial charge on any atom is -0.458 e. The Kier molecular flexibility index (Phi) is 17.6. The Labute approximate surface area is 449 Å². The number of cyclic esters (lactones) is 1. The van der Waals surface area contributed by atoms with E-state index in [1.165, 1.54) is 27.7 Å². The summed E-state index contributed by atoms with van der Waals surface area (Å²) in [7, 11) is 3.90. The summed E-state index contributed by atoms with van der Waals surface area (Å²) >= 11 is 0. The van der Waals surface area contributed by atoms with E-state index < -0.39 is 103 Å². The lowest BCUT2D eigenvalue weighted by Gasteiger charge is -2.36. The van der Waals surface area contributed by atoms with Crippen LogP contribution in [0.15, 0.2) is 59.4 Å². The summed E-state index contributed by atoms with van der Waals surface area (Å²) in [6.07, 6.45) is 5.30. The summed E-state index contributed by atoms with van der Waals surface area (Å²) in [5, 5.41) is 24.6. The lowest BCUT2D eigenvalue weighted by Crippen LogP contribution is -2.51. The first kappa shape index (κ1) is 56.5. The van der Waals surface area contributed by atoms with Gasteiger partial charge in [0.15, 0.2) is 11.4 Å². The fourth-order valence-electron chi connectivity index (χ4n) is 10.3. The van der Waals surface area contributed by atoms with Crippen molar-refractivity contribution in [3.63, 3.8) is 0 Å². The summed E-state index contributed by atoms with van der Waals surface area (Å²) in [5.41, 5.74) is 2.07. The third-order valence-corrected chi connectivity index (χ3v) is 15.1. The van der Waals surface area contributed by atoms with Crippen LogP contribution in [0.4, 0.5) is 4.39 Å². The Balaban J connectivity index is 0.833. The zero-order valence-corrected chi connectivity index (χ0v) is 44.5. The normalized spacial score (nSPS) is 17.6. The Morgan fingerprint density at radius 3 is 2.33 bits per heavy atom. The Bertz CT molecular complexity index is 3190. The van der Waals surface area contributed by atoms with Crippen LogP contribution >= 0.6 is 9.24 Å². The number of benzene rings is 2. The van der Waals surface area contributed by atoms with Gasteiger partial charge in [0.2, 0.25) is 29.5 Å². The number of unbranched alkanes of at least 4 members (excludes halogenated alkanes) is 2. The number of imide groups is 1. The number of halogens is 1. The number of amides is 8. The Morgan fingerprint density at radius 2 is 1.60 bits per heavy atom. The number of nitrogens with one attached hydrogen (secondary N) is 5. The van der Waals surface area contributed by atoms with E-state index in [0.29, 0.717) is 77.5 Å². The fourth-order valence-corrected chi connectivity index (χ4v) is 10.6. The second-order valence-electron chi connectivity index (χ2n) is 19.5. The average Bonchev–Trinajstić information content (AvgIpc) is 4.18. The van der Waals surface area contributed by atoms with Gasteiger partial charge in [-0.25, -0.2) is 14.2 Å². The van der Waals surface area contributed by atoms with Crippen LogP contribution in [-0.4, -0.2) is 130 Å². The van der Waals surface area contributed by atoms with Crippen molar-refractivity contribution in [2.24, 2.45) is 0 Å². The maximum atomic E-state index is 15.5. The van der Waals surface area contributed by atoms with E-state index in [1.807, 2.05) is 30.3 Å². The molecule has 1 aliphatic carbocycles. The standard InChI is InChI=1S/C54H61FN9O13P/c1-4-54(75)34-21-39-48-32(26-64(39)50(72)33(34)27-76-53(54)74)47-38(17-15-31-29(2)35(55)22-37(61-48)46(31)47)62(3)51(73)52(78)77-28-59-42(67)24-58-49(71)36(16-14-30-11-7-5-8-12-30)60-43(68)25-57-41(66)23-56-40(65)13-9-6-10-20-63-44(69)18-19-45(63)70/h5,7-8,11-12,18-19,21-22,36,38,52,75H,4,6,9-10,13-17,20,23-28,78H2,1-3H3,(H,56,65)(H,57,66)(H,58,71)(H,59,67)(H,60,68)/t36-,38-,52+,54-/m0/s1. The zero-order chi connectivity index (χ0) is 56.0. The Morgan fingerprint density at radius 1 is 0.910 bits per heavy atom. The number of hydrogen-bond acceptors (Lipinski definition) is 14. The van der Waals surface area contributed by atoms with E-state index >= 15 is 4.39 Å². The topological polar surface area (TPSA) is 294 Å². The number of hydrogen-bond donors (Lipinski definition) is 6. The van der Waals surface area contributed by atoms with E-state index in [2.05, 4.69) is 35.8 Å². The number of pyridine rings is 2. The minimum atomic E-state index is -2.06. The molecular formula is C54H61FN9O13P. The van der Waals surface area contributed by atoms with Crippen molar-refractivity contribution in [2.45, 2.75) is 108 Å². The van der Waals surface area contributed by atoms with Crippen LogP contribution < -0.4 is 32.1 Å². The number of ether oxygens (including phenoxy) is 2. The molecule has 4 aromatic rings. The van der Waals surface area contributed by atoms with E-state index in [1.54, 1.807) is 27.0 Å². The Hall–Kier alpha value is -7.75. The molecule has 0 fully saturated rings. The quantitative estimate of drug-likeness (QED) is 0.0176. The first-order chi connectivity index (χ1) is 37.3. The van der Waals surface area contributed by atoms with Gasteiger partial charge in [-0.2, -0.15) is 0 Å². The van der Waals surface area contributed by atoms with Crippen molar-refractivity contribution < 1.29 is 62.1 Å². The summed E-state index contributed by atoms with van der Waals surface area (Å²) < 4.78 is 28.0. The van der Waals surface area contributed by atoms with Gasteiger partial charge in [-0.3, -0.25) is 48.1 Å². The number of rotatable bonds is 23. The molecule has 3 aliphatic heterocycles. The first-order valence-corrected chi connectivity index (χ1v) is 26.4. The van der Waals surface area contributed by atoms with Gasteiger partial charge in [0.1, 0.15) is 25.2 Å². The monoisotopic (exact) mass is 1090 g/mol. The molecule has 8 rings (SSSR count). The molecule has 412 valence electrons. The highest BCUT2D eigenvalue weighted by atomic mass is 31.0. The molecule has 5 atom stereocenters. The molecule has 0 radical (unpaired) electrons. The van der Waals surface area contributed by atoms with Crippen LogP contribution in [0.2, 0.25) is 0 Å². The third-order valence-electron chi connectivity index (χ3n) is 14.7. The van der Waals surface area contributed by atoms with Gasteiger partial charge < -0.3 is 50.6 Å². The highest BCUT2D eigenvalue weighted by Crippen LogP contribution is 2.47. The van der Waals surface area contributed by atoms with E-state index in [-0.39, 0.29) is 61.9 Å². The van der Waals surface area contributed by atoms with E-state index in [0.717, 1.165) is 16.0 Å². The van der Waals surface area contributed by atoms with Gasteiger partial charge in [0.05, 0.1) is 54.7 Å². The highest BCUT2D eigenvalue weighted by molar-refractivity contribution is 7.19. The molecule has 2 aromatic heterocycles. The fraction of sp³-hybridized carbons (Fsp3) is 0.426. The van der Waals surface area contributed by atoms with Crippen molar-refractivity contribution in [1.82, 2.24) is 45.9 Å².